The van der Waals surface area contributed by atoms with E-state index in [1.54, 1.807) is 0 Å². The lowest BCUT2D eigenvalue weighted by Gasteiger charge is -2.29. The molecule has 0 saturated heterocycles. The maximum atomic E-state index is 12.1. The van der Waals surface area contributed by atoms with Crippen molar-refractivity contribution in [2.24, 2.45) is 0 Å². The summed E-state index contributed by atoms with van der Waals surface area (Å²) in [4.78, 5) is 24.1. The topological polar surface area (TPSA) is 52.6 Å². The van der Waals surface area contributed by atoms with E-state index >= 15 is 0 Å². The van der Waals surface area contributed by atoms with Gasteiger partial charge in [-0.05, 0) is 32.1 Å². The lowest BCUT2D eigenvalue weighted by atomic mass is 10.1. The van der Waals surface area contributed by atoms with Crippen LogP contribution < -0.4 is 0 Å². The molecule has 0 aliphatic heterocycles. The molecule has 0 unspecified atom stereocenters. The number of likely N-dealkylation sites (N-methyl/N-ethyl adjacent to an activating group) is 2. The maximum Gasteiger partial charge on any atom is 0.306 e. The SMILES string of the molecule is CCCCCCCCC[N+](C)(C)CCOC(=O)CCCC(=O)OCC[N+](C)(C)CCCCCCCCC. The summed E-state index contributed by atoms with van der Waals surface area (Å²) in [5.41, 5.74) is 0. The van der Waals surface area contributed by atoms with Gasteiger partial charge < -0.3 is 18.4 Å². The summed E-state index contributed by atoms with van der Waals surface area (Å²) in [6.45, 7) is 9.28. The summed E-state index contributed by atoms with van der Waals surface area (Å²) in [7, 11) is 8.82. The normalized spacial score (nSPS) is 12.1. The highest BCUT2D eigenvalue weighted by Crippen LogP contribution is 2.11. The summed E-state index contributed by atoms with van der Waals surface area (Å²) in [6, 6.07) is 0. The van der Waals surface area contributed by atoms with Crippen LogP contribution in [0.15, 0.2) is 0 Å². The first-order valence-corrected chi connectivity index (χ1v) is 15.6. The quantitative estimate of drug-likeness (QED) is 0.0696. The first kappa shape index (κ1) is 35.9. The van der Waals surface area contributed by atoms with Crippen molar-refractivity contribution in [1.82, 2.24) is 0 Å². The molecule has 0 aromatic heterocycles. The van der Waals surface area contributed by atoms with Gasteiger partial charge in [0.05, 0.1) is 41.3 Å². The van der Waals surface area contributed by atoms with Crippen molar-refractivity contribution in [3.63, 3.8) is 0 Å². The first-order valence-electron chi connectivity index (χ1n) is 15.6. The Hall–Kier alpha value is -1.14. The van der Waals surface area contributed by atoms with Gasteiger partial charge in [-0.15, -0.1) is 0 Å². The number of hydrogen-bond acceptors (Lipinski definition) is 4. The van der Waals surface area contributed by atoms with Crippen LogP contribution in [0.25, 0.3) is 0 Å². The molecule has 6 heteroatoms. The van der Waals surface area contributed by atoms with E-state index in [9.17, 15) is 9.59 Å². The third kappa shape index (κ3) is 24.9. The Labute approximate surface area is 230 Å². The molecule has 0 atom stereocenters. The Morgan fingerprint density at radius 2 is 0.784 bits per heavy atom. The van der Waals surface area contributed by atoms with Crippen molar-refractivity contribution < 1.29 is 28.0 Å². The van der Waals surface area contributed by atoms with Crippen molar-refractivity contribution in [3.8, 4) is 0 Å². The monoisotopic (exact) mass is 528 g/mol. The van der Waals surface area contributed by atoms with Crippen molar-refractivity contribution in [2.45, 2.75) is 123 Å². The number of quaternary nitrogens is 2. The Kier molecular flexibility index (Phi) is 22.1. The molecule has 0 heterocycles. The molecule has 0 aliphatic carbocycles. The molecule has 0 N–H and O–H groups in total. The van der Waals surface area contributed by atoms with Crippen molar-refractivity contribution in [1.29, 1.82) is 0 Å². The zero-order valence-corrected chi connectivity index (χ0v) is 25.8. The van der Waals surface area contributed by atoms with Crippen molar-refractivity contribution in [3.05, 3.63) is 0 Å². The minimum Gasteiger partial charge on any atom is -0.460 e. The van der Waals surface area contributed by atoms with E-state index in [1.165, 1.54) is 89.9 Å². The lowest BCUT2D eigenvalue weighted by molar-refractivity contribution is -0.890. The summed E-state index contributed by atoms with van der Waals surface area (Å²) >= 11 is 0. The molecule has 220 valence electrons. The first-order chi connectivity index (χ1) is 17.6. The van der Waals surface area contributed by atoms with Gasteiger partial charge in [0.15, 0.2) is 0 Å². The van der Waals surface area contributed by atoms with Gasteiger partial charge in [-0.2, -0.15) is 0 Å². The molecule has 0 spiro atoms. The fraction of sp³-hybridized carbons (Fsp3) is 0.935. The van der Waals surface area contributed by atoms with Crippen LogP contribution in [0, 0.1) is 0 Å². The van der Waals surface area contributed by atoms with Crippen LogP contribution in [0.5, 0.6) is 0 Å². The van der Waals surface area contributed by atoms with E-state index in [4.69, 9.17) is 9.47 Å². The van der Waals surface area contributed by atoms with E-state index in [-0.39, 0.29) is 24.8 Å². The van der Waals surface area contributed by atoms with Gasteiger partial charge in [-0.1, -0.05) is 78.1 Å². The third-order valence-electron chi connectivity index (χ3n) is 7.42. The highest BCUT2D eigenvalue weighted by molar-refractivity contribution is 5.72. The maximum absolute atomic E-state index is 12.1. The Morgan fingerprint density at radius 1 is 0.459 bits per heavy atom. The summed E-state index contributed by atoms with van der Waals surface area (Å²) in [6.07, 6.45) is 19.4. The van der Waals surface area contributed by atoms with Crippen LogP contribution in [-0.4, -0.2) is 88.5 Å². The molecule has 37 heavy (non-hydrogen) atoms. The molecule has 0 aromatic carbocycles. The zero-order valence-electron chi connectivity index (χ0n) is 25.8. The van der Waals surface area contributed by atoms with Crippen LogP contribution in [0.4, 0.5) is 0 Å². The Balaban J connectivity index is 3.75. The molecule has 0 saturated carbocycles. The second-order valence-electron chi connectivity index (χ2n) is 12.3. The Morgan fingerprint density at radius 3 is 1.14 bits per heavy atom. The fourth-order valence-electron chi connectivity index (χ4n) is 4.55. The van der Waals surface area contributed by atoms with Gasteiger partial charge in [0.25, 0.3) is 0 Å². The molecule has 0 aromatic rings. The second-order valence-corrected chi connectivity index (χ2v) is 12.3. The van der Waals surface area contributed by atoms with Crippen LogP contribution >= 0.6 is 0 Å². The molecule has 0 fully saturated rings. The third-order valence-corrected chi connectivity index (χ3v) is 7.42. The van der Waals surface area contributed by atoms with Gasteiger partial charge in [0.1, 0.15) is 26.3 Å². The highest BCUT2D eigenvalue weighted by Gasteiger charge is 2.17. The van der Waals surface area contributed by atoms with Crippen LogP contribution in [0.1, 0.15) is 123 Å². The van der Waals surface area contributed by atoms with Crippen LogP contribution in [-0.2, 0) is 19.1 Å². The van der Waals surface area contributed by atoms with Gasteiger partial charge >= 0.3 is 11.9 Å². The Bertz CT molecular complexity index is 515. The molecule has 0 amide bonds. The van der Waals surface area contributed by atoms with Crippen LogP contribution in [0.2, 0.25) is 0 Å². The number of rotatable bonds is 26. The number of unbranched alkanes of at least 4 members (excludes halogenated alkanes) is 12. The lowest BCUT2D eigenvalue weighted by Crippen LogP contribution is -2.43. The highest BCUT2D eigenvalue weighted by atomic mass is 16.5. The molecule has 0 bridgehead atoms. The minimum absolute atomic E-state index is 0.212. The summed E-state index contributed by atoms with van der Waals surface area (Å²) in [5.74, 6) is -0.424. The van der Waals surface area contributed by atoms with E-state index in [0.717, 1.165) is 35.1 Å². The van der Waals surface area contributed by atoms with Crippen molar-refractivity contribution in [2.75, 3.05) is 67.6 Å². The largest absolute Gasteiger partial charge is 0.460 e. The van der Waals surface area contributed by atoms with Gasteiger partial charge in [0, 0.05) is 12.8 Å². The van der Waals surface area contributed by atoms with Gasteiger partial charge in [-0.25, -0.2) is 0 Å². The number of hydrogen-bond donors (Lipinski definition) is 0. The molecular weight excluding hydrogens is 464 g/mol. The standard InChI is InChI=1S/C31H64N2O4/c1-7-9-11-13-15-17-19-24-32(3,4)26-28-36-30(34)22-21-23-31(35)37-29-27-33(5,6)25-20-18-16-14-12-10-8-2/h7-29H2,1-6H3/q+2. The minimum atomic E-state index is -0.212. The molecular formula is C31H64N2O4+2. The number of carbonyl (C=O) groups excluding carboxylic acids is 2. The van der Waals surface area contributed by atoms with Gasteiger partial charge in [0.2, 0.25) is 0 Å². The number of ether oxygens (including phenoxy) is 2. The number of esters is 2. The predicted molar refractivity (Wildman–Crippen MR) is 155 cm³/mol. The van der Waals surface area contributed by atoms with Gasteiger partial charge in [-0.3, -0.25) is 9.59 Å². The molecule has 6 nitrogen and oxygen atoms in total. The fourth-order valence-corrected chi connectivity index (χ4v) is 4.55. The average Bonchev–Trinajstić information content (AvgIpc) is 2.82. The number of carbonyl (C=O) groups is 2. The average molecular weight is 529 g/mol. The summed E-state index contributed by atoms with van der Waals surface area (Å²) < 4.78 is 12.6. The predicted octanol–water partition coefficient (Wildman–Crippen LogP) is 6.90. The van der Waals surface area contributed by atoms with Crippen LogP contribution in [0.3, 0.4) is 0 Å². The van der Waals surface area contributed by atoms with Crippen molar-refractivity contribution >= 4 is 11.9 Å². The number of nitrogens with zero attached hydrogens (tertiary/aromatic N) is 2. The molecule has 0 radical (unpaired) electrons. The zero-order chi connectivity index (χ0) is 27.8. The van der Waals surface area contributed by atoms with E-state index in [1.807, 2.05) is 0 Å². The second kappa shape index (κ2) is 22.8. The summed E-state index contributed by atoms with van der Waals surface area (Å²) in [5, 5.41) is 0. The molecule has 0 rings (SSSR count). The smallest absolute Gasteiger partial charge is 0.306 e. The van der Waals surface area contributed by atoms with E-state index < -0.39 is 0 Å². The molecule has 0 aliphatic rings. The van der Waals surface area contributed by atoms with E-state index in [0.29, 0.717) is 19.6 Å². The van der Waals surface area contributed by atoms with E-state index in [2.05, 4.69) is 42.0 Å².